The van der Waals surface area contributed by atoms with E-state index in [0.29, 0.717) is 22.1 Å². The fourth-order valence-electron chi connectivity index (χ4n) is 6.49. The van der Waals surface area contributed by atoms with E-state index in [1.807, 2.05) is 0 Å². The molecule has 2 bridgehead atoms. The number of carboxylic acids is 1. The van der Waals surface area contributed by atoms with Gasteiger partial charge in [-0.05, 0) is 36.5 Å². The molecule has 3 fully saturated rings. The van der Waals surface area contributed by atoms with Crippen LogP contribution in [-0.2, 0) is 14.3 Å². The maximum atomic E-state index is 15.8. The number of rotatable bonds is 7. The molecule has 0 radical (unpaired) electrons. The first kappa shape index (κ1) is 26.3. The molecule has 1 saturated carbocycles. The number of carboxylic acid groups (broad SMARTS) is 1. The number of aromatic nitrogens is 1. The predicted molar refractivity (Wildman–Crippen MR) is 137 cm³/mol. The molecule has 8 nitrogen and oxygen atoms in total. The number of benzene rings is 1. The zero-order valence-electron chi connectivity index (χ0n) is 20.7. The van der Waals surface area contributed by atoms with Crippen LogP contribution in [0.5, 0.6) is 0 Å². The summed E-state index contributed by atoms with van der Waals surface area (Å²) in [6.07, 6.45) is 1.57. The van der Waals surface area contributed by atoms with E-state index in [1.54, 1.807) is 22.5 Å². The molecule has 1 aliphatic carbocycles. The molecule has 5 unspecified atom stereocenters. The smallest absolute Gasteiger partial charge is 0.338 e. The second-order valence-electron chi connectivity index (χ2n) is 10.4. The van der Waals surface area contributed by atoms with Crippen molar-refractivity contribution in [2.24, 2.45) is 10.9 Å². The van der Waals surface area contributed by atoms with Crippen molar-refractivity contribution in [3.05, 3.63) is 62.5 Å². The van der Waals surface area contributed by atoms with Gasteiger partial charge in [0, 0.05) is 48.7 Å². The number of fused-ring (bicyclic) bond motifs is 5. The Balaban J connectivity index is 1.42. The average molecular weight is 581 g/mol. The van der Waals surface area contributed by atoms with E-state index in [4.69, 9.17) is 16.3 Å². The monoisotopic (exact) mass is 580 g/mol. The number of esters is 1. The van der Waals surface area contributed by atoms with Gasteiger partial charge >= 0.3 is 11.9 Å². The standard InChI is InChI=1S/C26H24ClF3N4O4S/c1-38-24(37)20-16(10-34-17-6-12(8-19(35)36)7-18(34)26(30)11-25(17,26)29)32-22(23-31-4-5-39-23)33-21(20)13-2-3-14(27)15(28)9-13/h2-5,9,12,17-18,21H,6-8,10-11H2,1H3,(H,32,33)(H,35,36). The number of halogens is 4. The minimum atomic E-state index is -2.07. The van der Waals surface area contributed by atoms with Crippen LogP contribution in [0.3, 0.4) is 0 Å². The van der Waals surface area contributed by atoms with Crippen molar-refractivity contribution >= 4 is 40.7 Å². The first-order valence-electron chi connectivity index (χ1n) is 12.4. The predicted octanol–water partition coefficient (Wildman–Crippen LogP) is 4.21. The molecule has 39 heavy (non-hydrogen) atoms. The lowest BCUT2D eigenvalue weighted by atomic mass is 9.84. The lowest BCUT2D eigenvalue weighted by Gasteiger charge is -2.42. The van der Waals surface area contributed by atoms with Crippen molar-refractivity contribution < 1.29 is 32.6 Å². The second kappa shape index (κ2) is 9.31. The van der Waals surface area contributed by atoms with Crippen LogP contribution >= 0.6 is 22.9 Å². The third-order valence-corrected chi connectivity index (χ3v) is 9.37. The first-order valence-corrected chi connectivity index (χ1v) is 13.7. The Morgan fingerprint density at radius 3 is 2.59 bits per heavy atom. The molecule has 3 aliphatic heterocycles. The largest absolute Gasteiger partial charge is 0.481 e. The van der Waals surface area contributed by atoms with Gasteiger partial charge in [-0.3, -0.25) is 14.7 Å². The fourth-order valence-corrected chi connectivity index (χ4v) is 7.20. The van der Waals surface area contributed by atoms with Crippen LogP contribution in [0, 0.1) is 11.7 Å². The van der Waals surface area contributed by atoms with E-state index < -0.39 is 47.2 Å². The van der Waals surface area contributed by atoms with Crippen LogP contribution in [0.25, 0.3) is 0 Å². The third-order valence-electron chi connectivity index (χ3n) is 8.28. The number of nitrogens with zero attached hydrogens (tertiary/aromatic N) is 3. The maximum Gasteiger partial charge on any atom is 0.338 e. The summed E-state index contributed by atoms with van der Waals surface area (Å²) in [5, 5.41) is 14.6. The van der Waals surface area contributed by atoms with Crippen molar-refractivity contribution in [1.29, 1.82) is 0 Å². The number of aliphatic imine (C=N–C) groups is 1. The Labute approximate surface area is 230 Å². The quantitative estimate of drug-likeness (QED) is 0.473. The van der Waals surface area contributed by atoms with E-state index >= 15 is 8.78 Å². The van der Waals surface area contributed by atoms with Gasteiger partial charge in [0.2, 0.25) is 0 Å². The molecule has 4 heterocycles. The van der Waals surface area contributed by atoms with Gasteiger partial charge in [-0.2, -0.15) is 0 Å². The molecule has 1 aromatic heterocycles. The number of hydrogen-bond donors (Lipinski definition) is 2. The van der Waals surface area contributed by atoms with E-state index in [1.165, 1.54) is 30.6 Å². The molecule has 13 heteroatoms. The summed E-state index contributed by atoms with van der Waals surface area (Å²) in [5.41, 5.74) is -3.43. The highest BCUT2D eigenvalue weighted by Crippen LogP contribution is 2.70. The van der Waals surface area contributed by atoms with Crippen molar-refractivity contribution in [3.8, 4) is 0 Å². The van der Waals surface area contributed by atoms with Crippen molar-refractivity contribution in [3.63, 3.8) is 0 Å². The second-order valence-corrected chi connectivity index (χ2v) is 11.7. The molecule has 4 aliphatic rings. The van der Waals surface area contributed by atoms with Gasteiger partial charge in [0.25, 0.3) is 0 Å². The SMILES string of the molecule is COC(=O)C1=C(CN2C3CC(CC(=O)O)CC2C2(F)CC32F)NC(c2nccs2)=NC1c1ccc(Cl)c(F)c1. The molecule has 1 aromatic carbocycles. The Morgan fingerprint density at radius 1 is 1.28 bits per heavy atom. The summed E-state index contributed by atoms with van der Waals surface area (Å²) >= 11 is 7.18. The molecule has 2 N–H and O–H groups in total. The summed E-state index contributed by atoms with van der Waals surface area (Å²) in [6.45, 7) is -0.0478. The van der Waals surface area contributed by atoms with E-state index in [2.05, 4.69) is 15.3 Å². The van der Waals surface area contributed by atoms with Gasteiger partial charge in [0.1, 0.15) is 11.9 Å². The number of nitrogens with one attached hydrogen (secondary N) is 1. The lowest BCUT2D eigenvalue weighted by molar-refractivity contribution is -0.139. The van der Waals surface area contributed by atoms with Crippen LogP contribution in [0.4, 0.5) is 13.2 Å². The van der Waals surface area contributed by atoms with Gasteiger partial charge in [0.05, 0.1) is 17.7 Å². The topological polar surface area (TPSA) is 104 Å². The van der Waals surface area contributed by atoms with Crippen LogP contribution in [0.1, 0.15) is 42.3 Å². The third kappa shape index (κ3) is 4.15. The molecule has 0 amide bonds. The number of methoxy groups -OCH3 is 1. The molecular weight excluding hydrogens is 557 g/mol. The van der Waals surface area contributed by atoms with Crippen molar-refractivity contribution in [1.82, 2.24) is 15.2 Å². The highest BCUT2D eigenvalue weighted by molar-refractivity contribution is 7.11. The Hall–Kier alpha value is -2.96. The summed E-state index contributed by atoms with van der Waals surface area (Å²) < 4.78 is 51.2. The minimum Gasteiger partial charge on any atom is -0.481 e. The summed E-state index contributed by atoms with van der Waals surface area (Å²) in [5.74, 6) is -2.47. The van der Waals surface area contributed by atoms with Gasteiger partial charge in [-0.25, -0.2) is 22.9 Å². The normalized spacial score (nSPS) is 33.3. The van der Waals surface area contributed by atoms with Gasteiger partial charge in [-0.15, -0.1) is 11.3 Å². The molecular formula is C26H24ClF3N4O4S. The number of aliphatic carboxylic acids is 1. The molecule has 5 atom stereocenters. The first-order chi connectivity index (χ1) is 18.6. The van der Waals surface area contributed by atoms with Gasteiger partial charge in [-0.1, -0.05) is 17.7 Å². The summed E-state index contributed by atoms with van der Waals surface area (Å²) in [7, 11) is 1.20. The van der Waals surface area contributed by atoms with Crippen LogP contribution < -0.4 is 5.32 Å². The summed E-state index contributed by atoms with van der Waals surface area (Å²) in [4.78, 5) is 35.1. The van der Waals surface area contributed by atoms with Gasteiger partial charge < -0.3 is 15.2 Å². The van der Waals surface area contributed by atoms with Gasteiger partial charge in [0.15, 0.2) is 22.2 Å². The van der Waals surface area contributed by atoms with Crippen molar-refractivity contribution in [2.75, 3.05) is 13.7 Å². The molecule has 2 saturated heterocycles. The number of alkyl halides is 2. The number of amidine groups is 1. The number of ether oxygens (including phenoxy) is 1. The van der Waals surface area contributed by atoms with Crippen LogP contribution in [-0.4, -0.2) is 69.8 Å². The number of thiazole rings is 1. The number of piperidine rings is 2. The zero-order valence-corrected chi connectivity index (χ0v) is 22.2. The number of carbonyl (C=O) groups is 2. The Kier molecular flexibility index (Phi) is 6.27. The van der Waals surface area contributed by atoms with Crippen LogP contribution in [0.2, 0.25) is 5.02 Å². The number of carbonyl (C=O) groups excluding carboxylic acids is 1. The average Bonchev–Trinajstić information content (AvgIpc) is 3.20. The van der Waals surface area contributed by atoms with Crippen molar-refractivity contribution in [2.45, 2.75) is 55.1 Å². The minimum absolute atomic E-state index is 0.0478. The van der Waals surface area contributed by atoms with E-state index in [9.17, 15) is 19.1 Å². The molecule has 2 aromatic rings. The Morgan fingerprint density at radius 2 is 2.00 bits per heavy atom. The molecule has 6 rings (SSSR count). The molecule has 0 spiro atoms. The van der Waals surface area contributed by atoms with E-state index in [0.717, 1.165) is 0 Å². The summed E-state index contributed by atoms with van der Waals surface area (Å²) in [6, 6.07) is 1.39. The number of hydrogen-bond acceptors (Lipinski definition) is 8. The highest BCUT2D eigenvalue weighted by atomic mass is 35.5. The fraction of sp³-hybridized carbons (Fsp3) is 0.462. The lowest BCUT2D eigenvalue weighted by Crippen LogP contribution is -2.52. The molecule has 206 valence electrons. The zero-order chi connectivity index (χ0) is 27.7. The maximum absolute atomic E-state index is 15.8. The van der Waals surface area contributed by atoms with E-state index in [-0.39, 0.29) is 48.7 Å². The highest BCUT2D eigenvalue weighted by Gasteiger charge is 2.85. The van der Waals surface area contributed by atoms with Crippen LogP contribution in [0.15, 0.2) is 46.0 Å². The Bertz CT molecular complexity index is 1400.